The van der Waals surface area contributed by atoms with Crippen molar-refractivity contribution in [3.8, 4) is 0 Å². The van der Waals surface area contributed by atoms with Crippen LogP contribution in [-0.2, 0) is 13.3 Å². The average Bonchev–Trinajstić information content (AvgIpc) is 2.61. The lowest BCUT2D eigenvalue weighted by atomic mass is 10.0. The summed E-state index contributed by atoms with van der Waals surface area (Å²) in [5.74, 6) is 0. The summed E-state index contributed by atoms with van der Waals surface area (Å²) in [6.07, 6.45) is 2.53. The van der Waals surface area contributed by atoms with Crippen LogP contribution >= 0.6 is 0 Å². The minimum Gasteiger partial charge on any atom is -0.376 e. The lowest BCUT2D eigenvalue weighted by molar-refractivity contribution is 0.0797. The predicted octanol–water partition coefficient (Wildman–Crippen LogP) is 2.42. The molecule has 0 saturated heterocycles. The molecule has 6 heteroatoms. The van der Waals surface area contributed by atoms with E-state index < -0.39 is 14.0 Å². The van der Waals surface area contributed by atoms with E-state index in [2.05, 4.69) is 24.0 Å². The lowest BCUT2D eigenvalue weighted by Crippen LogP contribution is -2.75. The molecule has 0 aliphatic carbocycles. The number of rotatable bonds is 10. The van der Waals surface area contributed by atoms with Gasteiger partial charge in [-0.15, -0.1) is 6.58 Å². The Morgan fingerprint density at radius 2 is 1.74 bits per heavy atom. The van der Waals surface area contributed by atoms with Gasteiger partial charge in [-0.25, -0.2) is 0 Å². The zero-order valence-corrected chi connectivity index (χ0v) is 15.8. The van der Waals surface area contributed by atoms with Crippen LogP contribution in [0.3, 0.4) is 0 Å². The Bertz CT molecular complexity index is 474. The smallest absolute Gasteiger partial charge is 0.376 e. The van der Waals surface area contributed by atoms with Crippen molar-refractivity contribution in [2.75, 3.05) is 21.3 Å². The van der Waals surface area contributed by atoms with Crippen molar-refractivity contribution in [3.05, 3.63) is 48.6 Å². The number of nitrogens with two attached hydrogens (primary N) is 1. The van der Waals surface area contributed by atoms with E-state index in [1.165, 1.54) is 0 Å². The largest absolute Gasteiger partial charge is 0.522 e. The molecule has 1 aromatic carbocycles. The first-order valence-corrected chi connectivity index (χ1v) is 9.55. The molecular formula is C17H30N2O3Si. The molecular weight excluding hydrogens is 308 g/mol. The van der Waals surface area contributed by atoms with E-state index in [9.17, 15) is 0 Å². The first-order chi connectivity index (χ1) is 10.9. The van der Waals surface area contributed by atoms with Crippen LogP contribution in [0.1, 0.15) is 31.9 Å². The lowest BCUT2D eigenvalue weighted by Gasteiger charge is -2.45. The molecule has 3 N–H and O–H groups in total. The van der Waals surface area contributed by atoms with Gasteiger partial charge < -0.3 is 24.3 Å². The second kappa shape index (κ2) is 8.72. The third-order valence-corrected chi connectivity index (χ3v) is 8.10. The summed E-state index contributed by atoms with van der Waals surface area (Å²) in [7, 11) is 1.73. The van der Waals surface area contributed by atoms with E-state index in [-0.39, 0.29) is 12.1 Å². The Balaban J connectivity index is 3.08. The van der Waals surface area contributed by atoms with Crippen molar-refractivity contribution in [2.24, 2.45) is 5.73 Å². The maximum absolute atomic E-state index is 6.72. The summed E-state index contributed by atoms with van der Waals surface area (Å²) in [4.78, 5) is 0. The monoisotopic (exact) mass is 338 g/mol. The first-order valence-electron chi connectivity index (χ1n) is 7.82. The van der Waals surface area contributed by atoms with Gasteiger partial charge in [0.25, 0.3) is 0 Å². The highest BCUT2D eigenvalue weighted by atomic mass is 28.4. The average molecular weight is 339 g/mol. The van der Waals surface area contributed by atoms with Gasteiger partial charge in [0.05, 0.1) is 6.04 Å². The fourth-order valence-corrected chi connectivity index (χ4v) is 5.67. The fraction of sp³-hybridized carbons (Fsp3) is 0.529. The van der Waals surface area contributed by atoms with Crippen LogP contribution in [-0.4, -0.2) is 41.3 Å². The predicted molar refractivity (Wildman–Crippen MR) is 96.0 cm³/mol. The maximum atomic E-state index is 6.72. The molecule has 23 heavy (non-hydrogen) atoms. The van der Waals surface area contributed by atoms with Crippen molar-refractivity contribution in [3.63, 3.8) is 0 Å². The van der Waals surface area contributed by atoms with Gasteiger partial charge >= 0.3 is 8.80 Å². The van der Waals surface area contributed by atoms with E-state index in [0.29, 0.717) is 6.42 Å². The number of benzene rings is 1. The first kappa shape index (κ1) is 20.0. The second-order valence-electron chi connectivity index (χ2n) is 5.57. The highest BCUT2D eigenvalue weighted by molar-refractivity contribution is 6.64. The highest BCUT2D eigenvalue weighted by Crippen LogP contribution is 2.29. The van der Waals surface area contributed by atoms with E-state index >= 15 is 0 Å². The van der Waals surface area contributed by atoms with Gasteiger partial charge in [-0.05, 0) is 18.9 Å². The van der Waals surface area contributed by atoms with Crippen LogP contribution in [0.25, 0.3) is 0 Å². The van der Waals surface area contributed by atoms with Crippen LogP contribution in [0.2, 0.25) is 0 Å². The molecule has 0 heterocycles. The summed E-state index contributed by atoms with van der Waals surface area (Å²) in [6, 6.07) is 10.00. The number of nitrogens with one attached hydrogen (secondary N) is 1. The third-order valence-electron chi connectivity index (χ3n) is 4.56. The number of hydrogen-bond acceptors (Lipinski definition) is 5. The Morgan fingerprint density at radius 1 is 1.22 bits per heavy atom. The van der Waals surface area contributed by atoms with Crippen LogP contribution in [0.4, 0.5) is 0 Å². The van der Waals surface area contributed by atoms with E-state index in [1.807, 2.05) is 38.1 Å². The van der Waals surface area contributed by atoms with Gasteiger partial charge in [0, 0.05) is 27.4 Å². The molecule has 0 spiro atoms. The number of hydrogen-bond donors (Lipinski definition) is 2. The van der Waals surface area contributed by atoms with Crippen molar-refractivity contribution in [1.29, 1.82) is 0 Å². The van der Waals surface area contributed by atoms with Crippen molar-refractivity contribution in [2.45, 2.75) is 37.5 Å². The molecule has 0 radical (unpaired) electrons. The van der Waals surface area contributed by atoms with Crippen LogP contribution < -0.4 is 11.1 Å². The molecule has 0 saturated carbocycles. The van der Waals surface area contributed by atoms with Gasteiger partial charge in [-0.3, -0.25) is 0 Å². The summed E-state index contributed by atoms with van der Waals surface area (Å²) in [5, 5.41) is 2.77. The quantitative estimate of drug-likeness (QED) is 0.507. The molecule has 5 nitrogen and oxygen atoms in total. The Morgan fingerprint density at radius 3 is 2.13 bits per heavy atom. The summed E-state index contributed by atoms with van der Waals surface area (Å²) < 4.78 is 16.9. The molecule has 0 aliphatic heterocycles. The van der Waals surface area contributed by atoms with Gasteiger partial charge in [-0.2, -0.15) is 0 Å². The normalized spacial score (nSPS) is 17.3. The molecule has 130 valence electrons. The van der Waals surface area contributed by atoms with Crippen LogP contribution in [0.15, 0.2) is 43.0 Å². The minimum atomic E-state index is -3.03. The Labute approximate surface area is 141 Å². The van der Waals surface area contributed by atoms with E-state index in [1.54, 1.807) is 21.3 Å². The molecule has 1 rings (SSSR count). The standard InChI is InChI=1S/C17H30N2O3Si/c1-7-16(15-12-10-9-11-13-15)19-14(3)17(18,8-2)23(20-4,21-5)22-6/h7,9-14,16,19H,1,8,18H2,2-6H3. The topological polar surface area (TPSA) is 65.7 Å². The Hall–Kier alpha value is -1.02. The highest BCUT2D eigenvalue weighted by Gasteiger charge is 2.59. The van der Waals surface area contributed by atoms with Gasteiger partial charge in [0.15, 0.2) is 0 Å². The summed E-state index contributed by atoms with van der Waals surface area (Å²) >= 11 is 0. The zero-order chi connectivity index (χ0) is 17.5. The van der Waals surface area contributed by atoms with Gasteiger partial charge in [0.2, 0.25) is 0 Å². The van der Waals surface area contributed by atoms with E-state index in [0.717, 1.165) is 5.56 Å². The Kier molecular flexibility index (Phi) is 7.59. The molecule has 1 aromatic rings. The van der Waals surface area contributed by atoms with E-state index in [4.69, 9.17) is 19.0 Å². The van der Waals surface area contributed by atoms with Gasteiger partial charge in [0.1, 0.15) is 5.16 Å². The minimum absolute atomic E-state index is 0.0158. The summed E-state index contributed by atoms with van der Waals surface area (Å²) in [6.45, 7) is 7.98. The maximum Gasteiger partial charge on any atom is 0.522 e. The molecule has 0 aliphatic rings. The molecule has 3 unspecified atom stereocenters. The molecule has 0 aromatic heterocycles. The SMILES string of the molecule is C=CC(NC(C)C(N)(CC)[Si](OC)(OC)OC)c1ccccc1. The molecule has 0 amide bonds. The van der Waals surface area contributed by atoms with Crippen molar-refractivity contribution < 1.29 is 13.3 Å². The third kappa shape index (κ3) is 3.91. The molecule has 3 atom stereocenters. The fourth-order valence-electron chi connectivity index (χ4n) is 2.99. The summed E-state index contributed by atoms with van der Waals surface area (Å²) in [5.41, 5.74) is 7.85. The second-order valence-corrected chi connectivity index (χ2v) is 8.84. The molecule has 0 fully saturated rings. The molecule has 0 bridgehead atoms. The van der Waals surface area contributed by atoms with Crippen LogP contribution in [0.5, 0.6) is 0 Å². The van der Waals surface area contributed by atoms with Crippen molar-refractivity contribution in [1.82, 2.24) is 5.32 Å². The van der Waals surface area contributed by atoms with Crippen molar-refractivity contribution >= 4 is 8.80 Å². The van der Waals surface area contributed by atoms with Crippen LogP contribution in [0, 0.1) is 0 Å². The zero-order valence-electron chi connectivity index (χ0n) is 14.8. The van der Waals surface area contributed by atoms with Gasteiger partial charge in [-0.1, -0.05) is 43.3 Å².